The molecular weight excluding hydrogens is 451 g/mol. The molecule has 1 N–H and O–H groups in total. The maximum Gasteiger partial charge on any atom is 0.246 e. The summed E-state index contributed by atoms with van der Waals surface area (Å²) in [5, 5.41) is 3.26. The summed E-state index contributed by atoms with van der Waals surface area (Å²) < 4.78 is 0. The lowest BCUT2D eigenvalue weighted by molar-refractivity contribution is -0.117. The molecule has 2 aliphatic heterocycles. The molecule has 0 radical (unpaired) electrons. The van der Waals surface area contributed by atoms with E-state index in [0.29, 0.717) is 0 Å². The molecular formula is C21H25IN4O. The number of benzene rings is 2. The maximum atomic E-state index is 12.7. The third kappa shape index (κ3) is 4.10. The molecule has 0 atom stereocenters. The van der Waals surface area contributed by atoms with Crippen LogP contribution in [0.1, 0.15) is 16.7 Å². The highest BCUT2D eigenvalue weighted by atomic mass is 127. The van der Waals surface area contributed by atoms with E-state index in [4.69, 9.17) is 0 Å². The molecule has 0 fully saturated rings. The van der Waals surface area contributed by atoms with Crippen LogP contribution < -0.4 is 10.2 Å². The largest absolute Gasteiger partial charge is 0.347 e. The van der Waals surface area contributed by atoms with Crippen LogP contribution in [0.5, 0.6) is 0 Å². The predicted molar refractivity (Wildman–Crippen MR) is 120 cm³/mol. The van der Waals surface area contributed by atoms with Crippen LogP contribution in [-0.4, -0.2) is 43.4 Å². The second-order valence-electron chi connectivity index (χ2n) is 6.77. The zero-order chi connectivity index (χ0) is 17.9. The van der Waals surface area contributed by atoms with Crippen molar-refractivity contribution in [2.24, 2.45) is 4.99 Å². The van der Waals surface area contributed by atoms with E-state index in [-0.39, 0.29) is 36.4 Å². The zero-order valence-electron chi connectivity index (χ0n) is 15.5. The fraction of sp³-hybridized carbons (Fsp3) is 0.333. The van der Waals surface area contributed by atoms with E-state index in [1.165, 1.54) is 16.7 Å². The Balaban J connectivity index is 0.00000210. The van der Waals surface area contributed by atoms with Gasteiger partial charge < -0.3 is 15.1 Å². The summed E-state index contributed by atoms with van der Waals surface area (Å²) in [6.07, 6.45) is 1.93. The molecule has 0 unspecified atom stereocenters. The van der Waals surface area contributed by atoms with Crippen molar-refractivity contribution < 1.29 is 4.79 Å². The standard InChI is InChI=1S/C21H24N4O.HI/c1-22-21(24-12-10-16-6-2-3-8-18(16)15-24)23-14-20(26)25-13-11-17-7-4-5-9-19(17)25;/h2-9H,10-15H2,1H3,(H,22,23);1H. The van der Waals surface area contributed by atoms with Gasteiger partial charge in [-0.25, -0.2) is 0 Å². The number of nitrogens with zero attached hydrogens (tertiary/aromatic N) is 3. The summed E-state index contributed by atoms with van der Waals surface area (Å²) in [6, 6.07) is 16.7. The molecule has 142 valence electrons. The van der Waals surface area contributed by atoms with Gasteiger partial charge in [-0.2, -0.15) is 0 Å². The summed E-state index contributed by atoms with van der Waals surface area (Å²) in [5.74, 6) is 0.883. The van der Waals surface area contributed by atoms with Crippen molar-refractivity contribution in [3.05, 3.63) is 65.2 Å². The van der Waals surface area contributed by atoms with Gasteiger partial charge >= 0.3 is 0 Å². The monoisotopic (exact) mass is 476 g/mol. The minimum atomic E-state index is 0. The maximum absolute atomic E-state index is 12.7. The van der Waals surface area contributed by atoms with Gasteiger partial charge in [0, 0.05) is 32.4 Å². The number of para-hydroxylation sites is 1. The molecule has 5 nitrogen and oxygen atoms in total. The third-order valence-corrected chi connectivity index (χ3v) is 5.23. The Labute approximate surface area is 177 Å². The first-order valence-corrected chi connectivity index (χ1v) is 9.17. The minimum absolute atomic E-state index is 0. The second-order valence-corrected chi connectivity index (χ2v) is 6.77. The number of aliphatic imine (C=N–C) groups is 1. The number of rotatable bonds is 2. The molecule has 0 aliphatic carbocycles. The van der Waals surface area contributed by atoms with Crippen LogP contribution in [0.3, 0.4) is 0 Å². The molecule has 2 aliphatic rings. The Kier molecular flexibility index (Phi) is 6.36. The van der Waals surface area contributed by atoms with Crippen LogP contribution in [-0.2, 0) is 24.2 Å². The fourth-order valence-corrected chi connectivity index (χ4v) is 3.86. The lowest BCUT2D eigenvalue weighted by Crippen LogP contribution is -2.47. The van der Waals surface area contributed by atoms with Crippen molar-refractivity contribution in [3.8, 4) is 0 Å². The third-order valence-electron chi connectivity index (χ3n) is 5.23. The molecule has 0 spiro atoms. The van der Waals surface area contributed by atoms with Crippen LogP contribution in [0, 0.1) is 0 Å². The van der Waals surface area contributed by atoms with Crippen LogP contribution in [0.2, 0.25) is 0 Å². The Hall–Kier alpha value is -2.09. The van der Waals surface area contributed by atoms with E-state index in [0.717, 1.165) is 44.1 Å². The van der Waals surface area contributed by atoms with E-state index >= 15 is 0 Å². The van der Waals surface area contributed by atoms with E-state index in [1.54, 1.807) is 7.05 Å². The first-order valence-electron chi connectivity index (χ1n) is 9.17. The molecule has 1 amide bonds. The van der Waals surface area contributed by atoms with E-state index in [1.807, 2.05) is 23.1 Å². The zero-order valence-corrected chi connectivity index (χ0v) is 17.8. The van der Waals surface area contributed by atoms with Crippen molar-refractivity contribution in [2.75, 3.05) is 31.6 Å². The fourth-order valence-electron chi connectivity index (χ4n) is 3.86. The van der Waals surface area contributed by atoms with Crippen molar-refractivity contribution in [2.45, 2.75) is 19.4 Å². The molecule has 2 aromatic rings. The smallest absolute Gasteiger partial charge is 0.246 e. The van der Waals surface area contributed by atoms with Crippen molar-refractivity contribution in [3.63, 3.8) is 0 Å². The Morgan fingerprint density at radius 3 is 2.44 bits per heavy atom. The van der Waals surface area contributed by atoms with E-state index in [2.05, 4.69) is 45.5 Å². The number of carbonyl (C=O) groups is 1. The van der Waals surface area contributed by atoms with E-state index < -0.39 is 0 Å². The second kappa shape index (κ2) is 8.73. The number of halogens is 1. The highest BCUT2D eigenvalue weighted by molar-refractivity contribution is 14.0. The molecule has 2 aromatic carbocycles. The molecule has 6 heteroatoms. The lowest BCUT2D eigenvalue weighted by atomic mass is 10.0. The van der Waals surface area contributed by atoms with Gasteiger partial charge in [0.05, 0.1) is 6.54 Å². The molecule has 2 heterocycles. The number of guanidine groups is 1. The van der Waals surface area contributed by atoms with Gasteiger partial charge in [-0.3, -0.25) is 9.79 Å². The predicted octanol–water partition coefficient (Wildman–Crippen LogP) is 2.83. The van der Waals surface area contributed by atoms with Gasteiger partial charge in [-0.1, -0.05) is 42.5 Å². The van der Waals surface area contributed by atoms with Gasteiger partial charge in [0.1, 0.15) is 0 Å². The van der Waals surface area contributed by atoms with Gasteiger partial charge in [-0.15, -0.1) is 24.0 Å². The van der Waals surface area contributed by atoms with Crippen LogP contribution in [0.25, 0.3) is 0 Å². The Morgan fingerprint density at radius 2 is 1.67 bits per heavy atom. The van der Waals surface area contributed by atoms with Crippen molar-refractivity contribution in [1.82, 2.24) is 10.2 Å². The molecule has 0 aromatic heterocycles. The van der Waals surface area contributed by atoms with Crippen molar-refractivity contribution >= 4 is 41.5 Å². The first kappa shape index (κ1) is 19.7. The molecule has 0 saturated carbocycles. The van der Waals surface area contributed by atoms with Gasteiger partial charge in [0.25, 0.3) is 0 Å². The molecule has 4 rings (SSSR count). The van der Waals surface area contributed by atoms with Gasteiger partial charge in [-0.05, 0) is 35.6 Å². The molecule has 0 saturated heterocycles. The average Bonchev–Trinajstić information content (AvgIpc) is 3.12. The summed E-state index contributed by atoms with van der Waals surface area (Å²) in [7, 11) is 1.78. The Bertz CT molecular complexity index is 852. The normalized spacial score (nSPS) is 15.7. The molecule has 27 heavy (non-hydrogen) atoms. The minimum Gasteiger partial charge on any atom is -0.347 e. The first-order chi connectivity index (χ1) is 12.8. The SMILES string of the molecule is CN=C(NCC(=O)N1CCc2ccccc21)N1CCc2ccccc2C1.I. The number of nitrogens with one attached hydrogen (secondary N) is 1. The van der Waals surface area contributed by atoms with Crippen LogP contribution >= 0.6 is 24.0 Å². The average molecular weight is 476 g/mol. The number of carbonyl (C=O) groups excluding carboxylic acids is 1. The summed E-state index contributed by atoms with van der Waals surface area (Å²) in [6.45, 7) is 2.77. The number of amides is 1. The number of hydrogen-bond acceptors (Lipinski definition) is 2. The number of hydrogen-bond donors (Lipinski definition) is 1. The van der Waals surface area contributed by atoms with Crippen LogP contribution in [0.4, 0.5) is 5.69 Å². The van der Waals surface area contributed by atoms with Crippen molar-refractivity contribution in [1.29, 1.82) is 0 Å². The number of fused-ring (bicyclic) bond motifs is 2. The number of anilines is 1. The quantitative estimate of drug-likeness (QED) is 0.412. The lowest BCUT2D eigenvalue weighted by Gasteiger charge is -2.31. The summed E-state index contributed by atoms with van der Waals surface area (Å²) >= 11 is 0. The van der Waals surface area contributed by atoms with E-state index in [9.17, 15) is 4.79 Å². The van der Waals surface area contributed by atoms with Gasteiger partial charge in [0.15, 0.2) is 5.96 Å². The summed E-state index contributed by atoms with van der Waals surface area (Å²) in [5.41, 5.74) is 5.03. The Morgan fingerprint density at radius 1 is 1.00 bits per heavy atom. The molecule has 0 bridgehead atoms. The van der Waals surface area contributed by atoms with Gasteiger partial charge in [0.2, 0.25) is 5.91 Å². The van der Waals surface area contributed by atoms with Crippen LogP contribution in [0.15, 0.2) is 53.5 Å². The highest BCUT2D eigenvalue weighted by Crippen LogP contribution is 2.27. The topological polar surface area (TPSA) is 47.9 Å². The summed E-state index contributed by atoms with van der Waals surface area (Å²) in [4.78, 5) is 21.2. The highest BCUT2D eigenvalue weighted by Gasteiger charge is 2.25.